The largest absolute Gasteiger partial charge is 0.469 e. The molecule has 0 aromatic heterocycles. The van der Waals surface area contributed by atoms with Crippen LogP contribution in [0.1, 0.15) is 0 Å². The number of carbonyl (C=O) groups excluding carboxylic acids is 1. The Hall–Kier alpha value is -0.460. The average Bonchev–Trinajstić information content (AvgIpc) is 2.04. The van der Waals surface area contributed by atoms with Gasteiger partial charge in [-0.2, -0.15) is 0 Å². The third-order valence-corrected chi connectivity index (χ3v) is 2.32. The molecule has 0 fully saturated rings. The zero-order chi connectivity index (χ0) is 10.3. The molecule has 8 heteroatoms. The molecule has 0 aliphatic heterocycles. The minimum absolute atomic E-state index is 0.578. The molecule has 0 aromatic carbocycles. The molecule has 0 saturated heterocycles. The Kier molecular flexibility index (Phi) is 5.85. The van der Waals surface area contributed by atoms with Crippen LogP contribution in [0.25, 0.3) is 0 Å². The van der Waals surface area contributed by atoms with E-state index in [2.05, 4.69) is 23.9 Å². The lowest BCUT2D eigenvalue weighted by atomic mass is 10.8. The van der Waals surface area contributed by atoms with Gasteiger partial charge >= 0.3 is 13.6 Å². The van der Waals surface area contributed by atoms with Crippen molar-refractivity contribution in [1.82, 2.24) is 0 Å². The van der Waals surface area contributed by atoms with Crippen molar-refractivity contribution in [3.05, 3.63) is 0 Å². The first kappa shape index (κ1) is 12.5. The van der Waals surface area contributed by atoms with E-state index < -0.39 is 19.7 Å². The van der Waals surface area contributed by atoms with E-state index in [0.717, 1.165) is 21.3 Å². The van der Waals surface area contributed by atoms with Crippen molar-refractivity contribution in [1.29, 1.82) is 0 Å². The first-order valence-corrected chi connectivity index (χ1v) is 4.91. The SMILES string of the molecule is COOP(=O)(CC(=O)OC)OOC. The maximum Gasteiger partial charge on any atom is 0.395 e. The zero-order valence-electron chi connectivity index (χ0n) is 7.51. The quantitative estimate of drug-likeness (QED) is 0.275. The van der Waals surface area contributed by atoms with Crippen LogP contribution in [-0.4, -0.2) is 33.5 Å². The summed E-state index contributed by atoms with van der Waals surface area (Å²) in [5, 5.41) is 0. The van der Waals surface area contributed by atoms with E-state index in [0.29, 0.717) is 0 Å². The fraction of sp³-hybridized carbons (Fsp3) is 0.800. The van der Waals surface area contributed by atoms with Crippen LogP contribution >= 0.6 is 7.60 Å². The zero-order valence-corrected chi connectivity index (χ0v) is 8.41. The van der Waals surface area contributed by atoms with Gasteiger partial charge in [0.05, 0.1) is 21.3 Å². The third-order valence-electron chi connectivity index (χ3n) is 0.927. The number of hydrogen-bond donors (Lipinski definition) is 0. The first-order valence-electron chi connectivity index (χ1n) is 3.18. The lowest BCUT2D eigenvalue weighted by molar-refractivity contribution is -0.242. The Balaban J connectivity index is 4.23. The number of rotatable bonds is 6. The summed E-state index contributed by atoms with van der Waals surface area (Å²) in [6.45, 7) is 0. The summed E-state index contributed by atoms with van der Waals surface area (Å²) in [7, 11) is -0.310. The van der Waals surface area contributed by atoms with Crippen molar-refractivity contribution in [2.75, 3.05) is 27.5 Å². The molecule has 78 valence electrons. The predicted molar refractivity (Wildman–Crippen MR) is 40.7 cm³/mol. The lowest BCUT2D eigenvalue weighted by Crippen LogP contribution is -2.10. The summed E-state index contributed by atoms with van der Waals surface area (Å²) < 4.78 is 24.1. The lowest BCUT2D eigenvalue weighted by Gasteiger charge is -2.11. The van der Waals surface area contributed by atoms with E-state index in [1.54, 1.807) is 0 Å². The minimum atomic E-state index is -3.71. The van der Waals surface area contributed by atoms with E-state index in [4.69, 9.17) is 0 Å². The molecule has 13 heavy (non-hydrogen) atoms. The summed E-state index contributed by atoms with van der Waals surface area (Å²) >= 11 is 0. The predicted octanol–water partition coefficient (Wildman–Crippen LogP) is 0.508. The van der Waals surface area contributed by atoms with Gasteiger partial charge in [-0.05, 0) is 0 Å². The second kappa shape index (κ2) is 6.06. The molecule has 0 aliphatic rings. The first-order chi connectivity index (χ1) is 6.08. The highest BCUT2D eigenvalue weighted by Crippen LogP contribution is 2.48. The Morgan fingerprint density at radius 2 is 1.62 bits per heavy atom. The highest BCUT2D eigenvalue weighted by atomic mass is 31.2. The summed E-state index contributed by atoms with van der Waals surface area (Å²) in [5.74, 6) is -0.752. The van der Waals surface area contributed by atoms with E-state index in [9.17, 15) is 9.36 Å². The molecule has 0 atom stereocenters. The van der Waals surface area contributed by atoms with E-state index in [1.807, 2.05) is 0 Å². The fourth-order valence-corrected chi connectivity index (χ4v) is 1.54. The molecule has 0 bridgehead atoms. The summed E-state index contributed by atoms with van der Waals surface area (Å²) in [6, 6.07) is 0. The summed E-state index contributed by atoms with van der Waals surface area (Å²) in [6.07, 6.45) is -0.578. The Morgan fingerprint density at radius 3 is 1.92 bits per heavy atom. The number of carbonyl (C=O) groups is 1. The summed E-state index contributed by atoms with van der Waals surface area (Å²) in [5.41, 5.74) is 0. The molecule has 7 nitrogen and oxygen atoms in total. The molecule has 0 amide bonds. The standard InChI is InChI=1S/C5H11O7P/c1-8-5(6)4-13(7,11-9-2)12-10-3/h4H2,1-3H3. The van der Waals surface area contributed by atoms with E-state index in [-0.39, 0.29) is 0 Å². The van der Waals surface area contributed by atoms with Gasteiger partial charge < -0.3 is 4.74 Å². The molecule has 0 aromatic rings. The van der Waals surface area contributed by atoms with Crippen molar-refractivity contribution >= 4 is 13.6 Å². The molecule has 0 saturated carbocycles. The van der Waals surface area contributed by atoms with Crippen LogP contribution in [0.3, 0.4) is 0 Å². The third kappa shape index (κ3) is 4.97. The Labute approximate surface area is 75.2 Å². The molecule has 0 N–H and O–H groups in total. The van der Waals surface area contributed by atoms with Gasteiger partial charge in [0, 0.05) is 0 Å². The molecular formula is C5H11O7P. The van der Waals surface area contributed by atoms with Crippen LogP contribution in [-0.2, 0) is 33.2 Å². The van der Waals surface area contributed by atoms with Gasteiger partial charge in [0.1, 0.15) is 0 Å². The van der Waals surface area contributed by atoms with Crippen molar-refractivity contribution in [2.45, 2.75) is 0 Å². The van der Waals surface area contributed by atoms with Crippen LogP contribution < -0.4 is 0 Å². The number of ether oxygens (including phenoxy) is 1. The average molecular weight is 214 g/mol. The highest BCUT2D eigenvalue weighted by molar-refractivity contribution is 7.54. The normalized spacial score (nSPS) is 11.3. The van der Waals surface area contributed by atoms with Gasteiger partial charge in [0.25, 0.3) is 0 Å². The Bertz CT molecular complexity index is 193. The van der Waals surface area contributed by atoms with Crippen LogP contribution in [0, 0.1) is 0 Å². The minimum Gasteiger partial charge on any atom is -0.469 e. The second-order valence-corrected chi connectivity index (χ2v) is 3.66. The number of methoxy groups -OCH3 is 1. The summed E-state index contributed by atoms with van der Waals surface area (Å²) in [4.78, 5) is 19.0. The van der Waals surface area contributed by atoms with Gasteiger partial charge in [-0.3, -0.25) is 9.36 Å². The second-order valence-electron chi connectivity index (χ2n) is 1.83. The number of hydrogen-bond acceptors (Lipinski definition) is 7. The molecule has 0 unspecified atom stereocenters. The van der Waals surface area contributed by atoms with E-state index in [1.165, 1.54) is 0 Å². The van der Waals surface area contributed by atoms with Crippen LogP contribution in [0.4, 0.5) is 0 Å². The van der Waals surface area contributed by atoms with Crippen molar-refractivity contribution < 1.29 is 33.2 Å². The van der Waals surface area contributed by atoms with Crippen LogP contribution in [0.5, 0.6) is 0 Å². The van der Waals surface area contributed by atoms with Gasteiger partial charge in [0.15, 0.2) is 6.16 Å². The molecule has 0 radical (unpaired) electrons. The van der Waals surface area contributed by atoms with Gasteiger partial charge in [0.2, 0.25) is 0 Å². The number of esters is 1. The van der Waals surface area contributed by atoms with Crippen LogP contribution in [0.15, 0.2) is 0 Å². The highest BCUT2D eigenvalue weighted by Gasteiger charge is 2.31. The van der Waals surface area contributed by atoms with Crippen LogP contribution in [0.2, 0.25) is 0 Å². The maximum absolute atomic E-state index is 11.4. The van der Waals surface area contributed by atoms with Crippen molar-refractivity contribution in [2.24, 2.45) is 0 Å². The Morgan fingerprint density at radius 1 is 1.15 bits per heavy atom. The van der Waals surface area contributed by atoms with Gasteiger partial charge in [-0.15, -0.1) is 9.35 Å². The van der Waals surface area contributed by atoms with Crippen molar-refractivity contribution in [3.8, 4) is 0 Å². The molecular weight excluding hydrogens is 203 g/mol. The molecule has 0 rings (SSSR count). The van der Waals surface area contributed by atoms with Gasteiger partial charge in [-0.1, -0.05) is 0 Å². The molecule has 0 spiro atoms. The topological polar surface area (TPSA) is 80.3 Å². The van der Waals surface area contributed by atoms with Gasteiger partial charge in [-0.25, -0.2) is 9.78 Å². The molecule has 0 aliphatic carbocycles. The monoisotopic (exact) mass is 214 g/mol. The smallest absolute Gasteiger partial charge is 0.395 e. The molecule has 0 heterocycles. The van der Waals surface area contributed by atoms with Crippen molar-refractivity contribution in [3.63, 3.8) is 0 Å². The maximum atomic E-state index is 11.4. The van der Waals surface area contributed by atoms with E-state index >= 15 is 0 Å². The fourth-order valence-electron chi connectivity index (χ4n) is 0.515.